The number of methoxy groups -OCH3 is 1. The average Bonchev–Trinajstić information content (AvgIpc) is 2.83. The second-order valence-electron chi connectivity index (χ2n) is 5.42. The predicted octanol–water partition coefficient (Wildman–Crippen LogP) is 1.63. The molecule has 22 heavy (non-hydrogen) atoms. The monoisotopic (exact) mass is 326 g/mol. The summed E-state index contributed by atoms with van der Waals surface area (Å²) in [5, 5.41) is 5.62. The van der Waals surface area contributed by atoms with Crippen molar-refractivity contribution in [3.8, 4) is 5.75 Å². The van der Waals surface area contributed by atoms with E-state index in [0.29, 0.717) is 12.8 Å². The van der Waals surface area contributed by atoms with Crippen LogP contribution >= 0.6 is 0 Å². The van der Waals surface area contributed by atoms with Crippen molar-refractivity contribution in [3.63, 3.8) is 0 Å². The average molecular weight is 326 g/mol. The fraction of sp³-hybridized carbons (Fsp3) is 0.533. The molecule has 0 saturated carbocycles. The molecule has 1 fully saturated rings. The highest BCUT2D eigenvalue weighted by atomic mass is 32.2. The predicted molar refractivity (Wildman–Crippen MR) is 84.8 cm³/mol. The molecule has 0 spiro atoms. The second-order valence-corrected chi connectivity index (χ2v) is 7.65. The Morgan fingerprint density at radius 2 is 2.14 bits per heavy atom. The van der Waals surface area contributed by atoms with Gasteiger partial charge in [0.05, 0.1) is 24.7 Å². The summed E-state index contributed by atoms with van der Waals surface area (Å²) in [5.41, 5.74) is 0.904. The molecular weight excluding hydrogens is 304 g/mol. The van der Waals surface area contributed by atoms with Crippen LogP contribution in [0.25, 0.3) is 0 Å². The summed E-state index contributed by atoms with van der Waals surface area (Å²) in [6.45, 7) is 1.97. The molecule has 1 aromatic rings. The van der Waals surface area contributed by atoms with E-state index in [9.17, 15) is 13.2 Å². The third-order valence-electron chi connectivity index (χ3n) is 3.80. The number of carbonyl (C=O) groups is 1. The lowest BCUT2D eigenvalue weighted by molar-refractivity contribution is 0.233. The maximum Gasteiger partial charge on any atom is 0.315 e. The van der Waals surface area contributed by atoms with Gasteiger partial charge in [-0.15, -0.1) is 0 Å². The number of ether oxygens (including phenoxy) is 1. The number of hydrogen-bond acceptors (Lipinski definition) is 4. The van der Waals surface area contributed by atoms with Gasteiger partial charge in [0, 0.05) is 11.6 Å². The van der Waals surface area contributed by atoms with Gasteiger partial charge in [-0.05, 0) is 18.9 Å². The summed E-state index contributed by atoms with van der Waals surface area (Å²) in [6, 6.07) is 6.69. The van der Waals surface area contributed by atoms with E-state index in [-0.39, 0.29) is 29.6 Å². The van der Waals surface area contributed by atoms with Crippen LogP contribution in [0.3, 0.4) is 0 Å². The van der Waals surface area contributed by atoms with Crippen LogP contribution in [0.4, 0.5) is 4.79 Å². The van der Waals surface area contributed by atoms with Gasteiger partial charge in [0.2, 0.25) is 0 Å². The molecule has 2 amide bonds. The van der Waals surface area contributed by atoms with Gasteiger partial charge >= 0.3 is 6.03 Å². The van der Waals surface area contributed by atoms with Crippen LogP contribution in [0.5, 0.6) is 5.75 Å². The van der Waals surface area contributed by atoms with Crippen LogP contribution in [-0.4, -0.2) is 39.1 Å². The van der Waals surface area contributed by atoms with Crippen molar-refractivity contribution >= 4 is 15.9 Å². The van der Waals surface area contributed by atoms with Gasteiger partial charge < -0.3 is 15.4 Å². The van der Waals surface area contributed by atoms with Crippen molar-refractivity contribution < 1.29 is 17.9 Å². The number of urea groups is 1. The normalized spacial score (nSPS) is 21.1. The minimum absolute atomic E-state index is 0.0197. The second kappa shape index (κ2) is 7.00. The molecule has 1 aliphatic rings. The zero-order chi connectivity index (χ0) is 16.2. The van der Waals surface area contributed by atoms with Gasteiger partial charge in [0.15, 0.2) is 9.84 Å². The number of sulfone groups is 1. The molecule has 0 bridgehead atoms. The number of amides is 2. The molecule has 7 heteroatoms. The van der Waals surface area contributed by atoms with E-state index in [2.05, 4.69) is 10.6 Å². The smallest absolute Gasteiger partial charge is 0.315 e. The minimum atomic E-state index is -3.00. The Morgan fingerprint density at radius 3 is 2.73 bits per heavy atom. The number of nitrogens with one attached hydrogen (secondary N) is 2. The Kier molecular flexibility index (Phi) is 5.28. The van der Waals surface area contributed by atoms with Gasteiger partial charge in [-0.1, -0.05) is 25.1 Å². The number of carbonyl (C=O) groups excluding carboxylic acids is 1. The fourth-order valence-corrected chi connectivity index (χ4v) is 4.32. The van der Waals surface area contributed by atoms with E-state index in [0.717, 1.165) is 11.3 Å². The van der Waals surface area contributed by atoms with E-state index in [1.54, 1.807) is 7.11 Å². The zero-order valence-electron chi connectivity index (χ0n) is 12.8. The van der Waals surface area contributed by atoms with Crippen LogP contribution in [0.1, 0.15) is 31.4 Å². The number of hydrogen-bond donors (Lipinski definition) is 2. The molecule has 0 unspecified atom stereocenters. The lowest BCUT2D eigenvalue weighted by Crippen LogP contribution is -2.44. The van der Waals surface area contributed by atoms with E-state index in [1.807, 2.05) is 31.2 Å². The van der Waals surface area contributed by atoms with Gasteiger partial charge in [0.25, 0.3) is 0 Å². The highest BCUT2D eigenvalue weighted by molar-refractivity contribution is 7.91. The van der Waals surface area contributed by atoms with Crippen LogP contribution in [0, 0.1) is 0 Å². The zero-order valence-corrected chi connectivity index (χ0v) is 13.7. The molecular formula is C15H22N2O4S. The van der Waals surface area contributed by atoms with Crippen molar-refractivity contribution in [1.29, 1.82) is 0 Å². The summed E-state index contributed by atoms with van der Waals surface area (Å²) in [6.07, 6.45) is 1.18. The topological polar surface area (TPSA) is 84.5 Å². The maximum absolute atomic E-state index is 12.1. The Labute approximate surface area is 131 Å². The number of benzene rings is 1. The van der Waals surface area contributed by atoms with Gasteiger partial charge in [-0.3, -0.25) is 0 Å². The quantitative estimate of drug-likeness (QED) is 0.861. The lowest BCUT2D eigenvalue weighted by atomic mass is 10.0. The summed E-state index contributed by atoms with van der Waals surface area (Å²) in [5.74, 6) is 0.881. The highest BCUT2D eigenvalue weighted by Gasteiger charge is 2.29. The van der Waals surface area contributed by atoms with Crippen LogP contribution < -0.4 is 15.4 Å². The van der Waals surface area contributed by atoms with Crippen molar-refractivity contribution in [2.24, 2.45) is 0 Å². The van der Waals surface area contributed by atoms with Crippen molar-refractivity contribution in [2.45, 2.75) is 31.8 Å². The number of rotatable bonds is 5. The molecule has 0 aliphatic carbocycles. The molecule has 2 atom stereocenters. The third-order valence-corrected chi connectivity index (χ3v) is 5.56. The molecule has 0 aromatic heterocycles. The van der Waals surface area contributed by atoms with Crippen molar-refractivity contribution in [1.82, 2.24) is 10.6 Å². The standard InChI is InChI=1S/C15H22N2O4S/c1-3-13(12-6-4-5-7-14(12)21-2)17-15(18)16-11-8-9-22(19,20)10-11/h4-7,11,13H,3,8-10H2,1-2H3,(H2,16,17,18)/t11-,13+/m0/s1. The fourth-order valence-electron chi connectivity index (χ4n) is 2.65. The van der Waals surface area contributed by atoms with E-state index in [4.69, 9.17) is 4.74 Å². The Hall–Kier alpha value is -1.76. The summed E-state index contributed by atoms with van der Waals surface area (Å²) >= 11 is 0. The van der Waals surface area contributed by atoms with Gasteiger partial charge in [0.1, 0.15) is 5.75 Å². The summed E-state index contributed by atoms with van der Waals surface area (Å²) < 4.78 is 28.2. The highest BCUT2D eigenvalue weighted by Crippen LogP contribution is 2.26. The maximum atomic E-state index is 12.1. The first-order chi connectivity index (χ1) is 10.4. The molecule has 122 valence electrons. The molecule has 2 N–H and O–H groups in total. The number of para-hydroxylation sites is 1. The Morgan fingerprint density at radius 1 is 1.41 bits per heavy atom. The molecule has 0 radical (unpaired) electrons. The van der Waals surface area contributed by atoms with Crippen LogP contribution in [-0.2, 0) is 9.84 Å². The molecule has 2 rings (SSSR count). The molecule has 1 aromatic carbocycles. The van der Waals surface area contributed by atoms with E-state index >= 15 is 0 Å². The lowest BCUT2D eigenvalue weighted by Gasteiger charge is -2.21. The summed E-state index contributed by atoms with van der Waals surface area (Å²) in [7, 11) is -1.41. The summed E-state index contributed by atoms with van der Waals surface area (Å²) in [4.78, 5) is 12.1. The van der Waals surface area contributed by atoms with Gasteiger partial charge in [-0.2, -0.15) is 0 Å². The third kappa shape index (κ3) is 4.13. The largest absolute Gasteiger partial charge is 0.496 e. The van der Waals surface area contributed by atoms with Crippen molar-refractivity contribution in [3.05, 3.63) is 29.8 Å². The van der Waals surface area contributed by atoms with Crippen LogP contribution in [0.15, 0.2) is 24.3 Å². The first-order valence-electron chi connectivity index (χ1n) is 7.35. The van der Waals surface area contributed by atoms with E-state index in [1.165, 1.54) is 0 Å². The Balaban J connectivity index is 1.99. The van der Waals surface area contributed by atoms with E-state index < -0.39 is 9.84 Å². The molecule has 1 saturated heterocycles. The SMILES string of the molecule is CC[C@@H](NC(=O)N[C@H]1CCS(=O)(=O)C1)c1ccccc1OC. The first kappa shape index (κ1) is 16.6. The van der Waals surface area contributed by atoms with Crippen LogP contribution in [0.2, 0.25) is 0 Å². The van der Waals surface area contributed by atoms with Gasteiger partial charge in [-0.25, -0.2) is 13.2 Å². The molecule has 1 aliphatic heterocycles. The molecule has 1 heterocycles. The molecule has 6 nitrogen and oxygen atoms in total. The first-order valence-corrected chi connectivity index (χ1v) is 9.17. The Bertz CT molecular complexity index is 630. The minimum Gasteiger partial charge on any atom is -0.496 e. The van der Waals surface area contributed by atoms with Crippen molar-refractivity contribution in [2.75, 3.05) is 18.6 Å².